The molecule has 23 heavy (non-hydrogen) atoms. The summed E-state index contributed by atoms with van der Waals surface area (Å²) in [4.78, 5) is 16.2. The fourth-order valence-electron chi connectivity index (χ4n) is 2.19. The first-order chi connectivity index (χ1) is 11.2. The number of aromatic nitrogens is 1. The third-order valence-electron chi connectivity index (χ3n) is 3.22. The van der Waals surface area contributed by atoms with Crippen LogP contribution in [0.25, 0.3) is 10.2 Å². The minimum absolute atomic E-state index is 0.186. The Morgan fingerprint density at radius 1 is 1.26 bits per heavy atom. The van der Waals surface area contributed by atoms with Gasteiger partial charge in [0.05, 0.1) is 17.7 Å². The molecule has 1 heterocycles. The van der Waals surface area contributed by atoms with Gasteiger partial charge in [0, 0.05) is 0 Å². The predicted octanol–water partition coefficient (Wildman–Crippen LogP) is 4.02. The average molecular weight is 330 g/mol. The van der Waals surface area contributed by atoms with Gasteiger partial charge in [-0.2, -0.15) is 0 Å². The molecule has 1 amide bonds. The van der Waals surface area contributed by atoms with Crippen LogP contribution in [0.1, 0.15) is 12.5 Å². The topological polar surface area (TPSA) is 51.2 Å². The molecule has 4 nitrogen and oxygen atoms in total. The van der Waals surface area contributed by atoms with Crippen molar-refractivity contribution < 1.29 is 13.9 Å². The van der Waals surface area contributed by atoms with Crippen LogP contribution in [0.4, 0.5) is 9.52 Å². The molecular weight excluding hydrogens is 315 g/mol. The normalized spacial score (nSPS) is 10.7. The molecule has 0 aliphatic rings. The van der Waals surface area contributed by atoms with Crippen LogP contribution in [-0.2, 0) is 11.2 Å². The number of thiazole rings is 1. The third kappa shape index (κ3) is 3.65. The zero-order valence-electron chi connectivity index (χ0n) is 12.5. The maximum Gasteiger partial charge on any atom is 0.230 e. The molecular formula is C17H15FN2O2S. The number of carbonyl (C=O) groups excluding carboxylic acids is 1. The Morgan fingerprint density at radius 2 is 2.04 bits per heavy atom. The lowest BCUT2D eigenvalue weighted by Gasteiger charge is -2.05. The number of nitrogens with one attached hydrogen (secondary N) is 1. The fourth-order valence-corrected chi connectivity index (χ4v) is 3.08. The Balaban J connectivity index is 1.67. The fraction of sp³-hybridized carbons (Fsp3) is 0.176. The van der Waals surface area contributed by atoms with E-state index in [2.05, 4.69) is 10.3 Å². The minimum Gasteiger partial charge on any atom is -0.494 e. The first kappa shape index (κ1) is 15.4. The van der Waals surface area contributed by atoms with Gasteiger partial charge < -0.3 is 10.1 Å². The van der Waals surface area contributed by atoms with E-state index in [-0.39, 0.29) is 23.7 Å². The SMILES string of the molecule is CCOc1ccc(CC(=O)Nc2nc3c(F)cccc3s2)cc1. The zero-order valence-corrected chi connectivity index (χ0v) is 13.3. The standard InChI is InChI=1S/C17H15FN2O2S/c1-2-22-12-8-6-11(7-9-12)10-15(21)19-17-20-16-13(18)4-3-5-14(16)23-17/h3-9H,2,10H2,1H3,(H,19,20,21). The lowest BCUT2D eigenvalue weighted by Crippen LogP contribution is -2.14. The third-order valence-corrected chi connectivity index (χ3v) is 4.15. The minimum atomic E-state index is -0.384. The number of hydrogen-bond donors (Lipinski definition) is 1. The van der Waals surface area contributed by atoms with Gasteiger partial charge in [0.2, 0.25) is 5.91 Å². The number of halogens is 1. The first-order valence-electron chi connectivity index (χ1n) is 7.22. The van der Waals surface area contributed by atoms with Crippen LogP contribution in [0.15, 0.2) is 42.5 Å². The summed E-state index contributed by atoms with van der Waals surface area (Å²) < 4.78 is 19.7. The molecule has 0 aliphatic carbocycles. The molecule has 118 valence electrons. The van der Waals surface area contributed by atoms with Crippen LogP contribution in [0.2, 0.25) is 0 Å². The molecule has 1 N–H and O–H groups in total. The van der Waals surface area contributed by atoms with Crippen LogP contribution >= 0.6 is 11.3 Å². The summed E-state index contributed by atoms with van der Waals surface area (Å²) in [6, 6.07) is 12.1. The smallest absolute Gasteiger partial charge is 0.230 e. The van der Waals surface area contributed by atoms with Crippen molar-refractivity contribution in [3.05, 3.63) is 53.8 Å². The Hall–Kier alpha value is -2.47. The molecule has 3 rings (SSSR count). The van der Waals surface area contributed by atoms with Gasteiger partial charge in [0.15, 0.2) is 5.13 Å². The second-order valence-corrected chi connectivity index (χ2v) is 5.94. The second kappa shape index (κ2) is 6.75. The molecule has 2 aromatic carbocycles. The van der Waals surface area contributed by atoms with Crippen molar-refractivity contribution in [2.24, 2.45) is 0 Å². The van der Waals surface area contributed by atoms with Gasteiger partial charge >= 0.3 is 0 Å². The summed E-state index contributed by atoms with van der Waals surface area (Å²) in [5.41, 5.74) is 1.16. The van der Waals surface area contributed by atoms with E-state index in [0.717, 1.165) is 11.3 Å². The quantitative estimate of drug-likeness (QED) is 0.769. The van der Waals surface area contributed by atoms with Gasteiger partial charge in [-0.05, 0) is 36.8 Å². The van der Waals surface area contributed by atoms with Crippen LogP contribution in [0.3, 0.4) is 0 Å². The largest absolute Gasteiger partial charge is 0.494 e. The van der Waals surface area contributed by atoms with Gasteiger partial charge in [0.25, 0.3) is 0 Å². The number of nitrogens with zero attached hydrogens (tertiary/aromatic N) is 1. The molecule has 0 atom stereocenters. The monoisotopic (exact) mass is 330 g/mol. The van der Waals surface area contributed by atoms with E-state index in [4.69, 9.17) is 4.74 Å². The lowest BCUT2D eigenvalue weighted by molar-refractivity contribution is -0.115. The van der Waals surface area contributed by atoms with Crippen LogP contribution < -0.4 is 10.1 Å². The molecule has 0 saturated heterocycles. The predicted molar refractivity (Wildman–Crippen MR) is 89.5 cm³/mol. The molecule has 0 unspecified atom stereocenters. The van der Waals surface area contributed by atoms with Gasteiger partial charge in [-0.1, -0.05) is 29.5 Å². The second-order valence-electron chi connectivity index (χ2n) is 4.91. The molecule has 6 heteroatoms. The van der Waals surface area contributed by atoms with Crippen LogP contribution in [0, 0.1) is 5.82 Å². The number of anilines is 1. The number of hydrogen-bond acceptors (Lipinski definition) is 4. The van der Waals surface area contributed by atoms with Crippen molar-refractivity contribution in [2.45, 2.75) is 13.3 Å². The number of benzene rings is 2. The highest BCUT2D eigenvalue weighted by Crippen LogP contribution is 2.27. The van der Waals surface area contributed by atoms with E-state index in [1.165, 1.54) is 17.4 Å². The van der Waals surface area contributed by atoms with E-state index >= 15 is 0 Å². The number of amides is 1. The van der Waals surface area contributed by atoms with Crippen molar-refractivity contribution >= 4 is 32.6 Å². The van der Waals surface area contributed by atoms with E-state index in [0.29, 0.717) is 16.4 Å². The Kier molecular flexibility index (Phi) is 4.52. The Bertz CT molecular complexity index is 830. The summed E-state index contributed by atoms with van der Waals surface area (Å²) in [7, 11) is 0. The lowest BCUT2D eigenvalue weighted by atomic mass is 10.1. The van der Waals surface area contributed by atoms with Crippen molar-refractivity contribution in [3.8, 4) is 5.75 Å². The van der Waals surface area contributed by atoms with Crippen molar-refractivity contribution in [1.82, 2.24) is 4.98 Å². The molecule has 0 saturated carbocycles. The molecule has 0 aliphatic heterocycles. The first-order valence-corrected chi connectivity index (χ1v) is 8.04. The van der Waals surface area contributed by atoms with Gasteiger partial charge in [-0.3, -0.25) is 4.79 Å². The number of para-hydroxylation sites is 1. The molecule has 0 fully saturated rings. The van der Waals surface area contributed by atoms with Crippen LogP contribution in [-0.4, -0.2) is 17.5 Å². The van der Waals surface area contributed by atoms with Gasteiger partial charge in [-0.25, -0.2) is 9.37 Å². The van der Waals surface area contributed by atoms with Crippen molar-refractivity contribution in [2.75, 3.05) is 11.9 Å². The number of rotatable bonds is 5. The van der Waals surface area contributed by atoms with E-state index in [9.17, 15) is 9.18 Å². The zero-order chi connectivity index (χ0) is 16.2. The summed E-state index contributed by atoms with van der Waals surface area (Å²) in [6.45, 7) is 2.52. The van der Waals surface area contributed by atoms with E-state index in [1.807, 2.05) is 31.2 Å². The Morgan fingerprint density at radius 3 is 2.74 bits per heavy atom. The van der Waals surface area contributed by atoms with Gasteiger partial charge in [-0.15, -0.1) is 0 Å². The van der Waals surface area contributed by atoms with E-state index in [1.54, 1.807) is 12.1 Å². The van der Waals surface area contributed by atoms with E-state index < -0.39 is 0 Å². The molecule has 1 aromatic heterocycles. The average Bonchev–Trinajstić information content (AvgIpc) is 2.93. The van der Waals surface area contributed by atoms with Crippen molar-refractivity contribution in [1.29, 1.82) is 0 Å². The highest BCUT2D eigenvalue weighted by molar-refractivity contribution is 7.22. The molecule has 0 radical (unpaired) electrons. The number of fused-ring (bicyclic) bond motifs is 1. The highest BCUT2D eigenvalue weighted by Gasteiger charge is 2.11. The molecule has 3 aromatic rings. The van der Waals surface area contributed by atoms with Crippen LogP contribution in [0.5, 0.6) is 5.75 Å². The summed E-state index contributed by atoms with van der Waals surface area (Å²) in [5.74, 6) is 0.206. The molecule has 0 spiro atoms. The summed E-state index contributed by atoms with van der Waals surface area (Å²) in [6.07, 6.45) is 0.227. The van der Waals surface area contributed by atoms with Gasteiger partial charge in [0.1, 0.15) is 17.1 Å². The number of ether oxygens (including phenoxy) is 1. The maximum atomic E-state index is 13.6. The summed E-state index contributed by atoms with van der Waals surface area (Å²) >= 11 is 1.26. The molecule has 0 bridgehead atoms. The summed E-state index contributed by atoms with van der Waals surface area (Å²) in [5, 5.41) is 3.12. The maximum absolute atomic E-state index is 13.6. The Labute approximate surface area is 136 Å². The highest BCUT2D eigenvalue weighted by atomic mass is 32.1. The number of carbonyl (C=O) groups is 1. The van der Waals surface area contributed by atoms with Crippen molar-refractivity contribution in [3.63, 3.8) is 0 Å².